The van der Waals surface area contributed by atoms with Crippen LogP contribution in [0.25, 0.3) is 0 Å². The lowest BCUT2D eigenvalue weighted by Gasteiger charge is -2.31. The molecule has 4 heteroatoms. The van der Waals surface area contributed by atoms with E-state index in [0.717, 1.165) is 43.7 Å². The number of piperidine rings is 1. The molecule has 4 rings (SSSR count). The molecule has 0 saturated carbocycles. The van der Waals surface area contributed by atoms with Crippen LogP contribution in [0.1, 0.15) is 40.4 Å². The number of benzene rings is 2. The zero-order valence-electron chi connectivity index (χ0n) is 14.8. The molecule has 4 nitrogen and oxygen atoms in total. The van der Waals surface area contributed by atoms with Crippen LogP contribution in [0.5, 0.6) is 0 Å². The van der Waals surface area contributed by atoms with E-state index in [-0.39, 0.29) is 5.91 Å². The number of hydrogen-bond acceptors (Lipinski definition) is 2. The highest BCUT2D eigenvalue weighted by Crippen LogP contribution is 2.27. The van der Waals surface area contributed by atoms with Gasteiger partial charge in [0.2, 0.25) is 0 Å². The van der Waals surface area contributed by atoms with Gasteiger partial charge in [-0.25, -0.2) is 4.98 Å². The SMILES string of the molecule is O=C(c1ccccc1)N1CCC(c2cn(Cc3ccccc3)cn2)CC1. The number of nitrogens with zero attached hydrogens (tertiary/aromatic N) is 3. The molecule has 1 fully saturated rings. The molecule has 1 aliphatic heterocycles. The van der Waals surface area contributed by atoms with Crippen molar-refractivity contribution < 1.29 is 4.79 Å². The third kappa shape index (κ3) is 3.69. The zero-order chi connectivity index (χ0) is 17.8. The van der Waals surface area contributed by atoms with Crippen LogP contribution in [0.2, 0.25) is 0 Å². The van der Waals surface area contributed by atoms with Crippen molar-refractivity contribution in [2.24, 2.45) is 0 Å². The van der Waals surface area contributed by atoms with Gasteiger partial charge in [-0.05, 0) is 30.5 Å². The maximum atomic E-state index is 12.6. The second-order valence-corrected chi connectivity index (χ2v) is 6.89. The molecule has 2 aromatic carbocycles. The third-order valence-corrected chi connectivity index (χ3v) is 5.08. The van der Waals surface area contributed by atoms with Crippen LogP contribution < -0.4 is 0 Å². The highest BCUT2D eigenvalue weighted by molar-refractivity contribution is 5.94. The molecule has 1 aliphatic rings. The zero-order valence-corrected chi connectivity index (χ0v) is 14.8. The van der Waals surface area contributed by atoms with E-state index < -0.39 is 0 Å². The molecule has 1 saturated heterocycles. The van der Waals surface area contributed by atoms with Gasteiger partial charge < -0.3 is 9.47 Å². The average molecular weight is 345 g/mol. The van der Waals surface area contributed by atoms with Gasteiger partial charge in [0.25, 0.3) is 5.91 Å². The lowest BCUT2D eigenvalue weighted by atomic mass is 9.93. The summed E-state index contributed by atoms with van der Waals surface area (Å²) in [5.74, 6) is 0.575. The Labute approximate surface area is 154 Å². The summed E-state index contributed by atoms with van der Waals surface area (Å²) in [6.07, 6.45) is 6.03. The molecule has 0 N–H and O–H groups in total. The monoisotopic (exact) mass is 345 g/mol. The van der Waals surface area contributed by atoms with Gasteiger partial charge in [-0.1, -0.05) is 48.5 Å². The number of imidazole rings is 1. The summed E-state index contributed by atoms with van der Waals surface area (Å²) in [5, 5.41) is 0. The van der Waals surface area contributed by atoms with Crippen LogP contribution in [0, 0.1) is 0 Å². The second-order valence-electron chi connectivity index (χ2n) is 6.89. The van der Waals surface area contributed by atoms with Crippen molar-refractivity contribution in [2.45, 2.75) is 25.3 Å². The number of likely N-dealkylation sites (tertiary alicyclic amines) is 1. The molecule has 0 radical (unpaired) electrons. The summed E-state index contributed by atoms with van der Waals surface area (Å²) in [6.45, 7) is 2.44. The minimum atomic E-state index is 0.138. The Hall–Kier alpha value is -2.88. The quantitative estimate of drug-likeness (QED) is 0.718. The fourth-order valence-electron chi connectivity index (χ4n) is 3.61. The van der Waals surface area contributed by atoms with Gasteiger partial charge in [-0.3, -0.25) is 4.79 Å². The highest BCUT2D eigenvalue weighted by atomic mass is 16.2. The van der Waals surface area contributed by atoms with Gasteiger partial charge in [-0.2, -0.15) is 0 Å². The lowest BCUT2D eigenvalue weighted by molar-refractivity contribution is 0.0712. The summed E-state index contributed by atoms with van der Waals surface area (Å²) in [4.78, 5) is 19.1. The molecular weight excluding hydrogens is 322 g/mol. The molecule has 3 aromatic rings. The second kappa shape index (κ2) is 7.56. The van der Waals surface area contributed by atoms with Gasteiger partial charge in [-0.15, -0.1) is 0 Å². The highest BCUT2D eigenvalue weighted by Gasteiger charge is 2.25. The standard InChI is InChI=1S/C22H23N3O/c26-22(20-9-5-2-6-10-20)25-13-11-19(12-14-25)21-16-24(17-23-21)15-18-7-3-1-4-8-18/h1-10,16-17,19H,11-15H2. The van der Waals surface area contributed by atoms with Gasteiger partial charge in [0.05, 0.1) is 12.0 Å². The molecule has 0 bridgehead atoms. The van der Waals surface area contributed by atoms with E-state index in [4.69, 9.17) is 0 Å². The van der Waals surface area contributed by atoms with E-state index in [2.05, 4.69) is 40.0 Å². The first-order chi connectivity index (χ1) is 12.8. The summed E-state index contributed by atoms with van der Waals surface area (Å²) >= 11 is 0. The Morgan fingerprint density at radius 2 is 1.62 bits per heavy atom. The number of carbonyl (C=O) groups excluding carboxylic acids is 1. The van der Waals surface area contributed by atoms with Gasteiger partial charge in [0, 0.05) is 37.3 Å². The van der Waals surface area contributed by atoms with Crippen LogP contribution in [-0.2, 0) is 6.54 Å². The first kappa shape index (κ1) is 16.6. The summed E-state index contributed by atoms with van der Waals surface area (Å²) in [5.41, 5.74) is 3.20. The minimum absolute atomic E-state index is 0.138. The number of aromatic nitrogens is 2. The van der Waals surface area contributed by atoms with Gasteiger partial charge >= 0.3 is 0 Å². The fraction of sp³-hybridized carbons (Fsp3) is 0.273. The normalized spacial score (nSPS) is 15.2. The molecule has 0 aliphatic carbocycles. The van der Waals surface area contributed by atoms with Crippen LogP contribution in [0.4, 0.5) is 0 Å². The molecule has 0 unspecified atom stereocenters. The van der Waals surface area contributed by atoms with Crippen molar-refractivity contribution in [1.29, 1.82) is 0 Å². The van der Waals surface area contributed by atoms with E-state index in [1.54, 1.807) is 0 Å². The predicted octanol–water partition coefficient (Wildman–Crippen LogP) is 3.95. The van der Waals surface area contributed by atoms with Gasteiger partial charge in [0.1, 0.15) is 0 Å². The number of amides is 1. The van der Waals surface area contributed by atoms with E-state index in [1.807, 2.05) is 47.6 Å². The van der Waals surface area contributed by atoms with Crippen LogP contribution in [0.15, 0.2) is 73.2 Å². The van der Waals surface area contributed by atoms with Crippen molar-refractivity contribution >= 4 is 5.91 Å². The Kier molecular flexibility index (Phi) is 4.82. The molecule has 26 heavy (non-hydrogen) atoms. The van der Waals surface area contributed by atoms with Gasteiger partial charge in [0.15, 0.2) is 0 Å². The van der Waals surface area contributed by atoms with E-state index in [1.165, 1.54) is 5.56 Å². The van der Waals surface area contributed by atoms with Crippen molar-refractivity contribution in [1.82, 2.24) is 14.5 Å². The van der Waals surface area contributed by atoms with Crippen molar-refractivity contribution in [3.05, 3.63) is 90.0 Å². The Balaban J connectivity index is 1.36. The molecule has 1 aromatic heterocycles. The Morgan fingerprint density at radius 3 is 2.31 bits per heavy atom. The van der Waals surface area contributed by atoms with Crippen molar-refractivity contribution in [3.63, 3.8) is 0 Å². The molecule has 2 heterocycles. The average Bonchev–Trinajstić information content (AvgIpc) is 3.17. The topological polar surface area (TPSA) is 38.1 Å². The molecule has 0 spiro atoms. The van der Waals surface area contributed by atoms with Crippen LogP contribution in [0.3, 0.4) is 0 Å². The van der Waals surface area contributed by atoms with E-state index in [9.17, 15) is 4.79 Å². The fourth-order valence-corrected chi connectivity index (χ4v) is 3.61. The molecule has 132 valence electrons. The molecule has 1 amide bonds. The Bertz CT molecular complexity index is 849. The molecule has 0 atom stereocenters. The smallest absolute Gasteiger partial charge is 0.253 e. The van der Waals surface area contributed by atoms with Crippen LogP contribution in [-0.4, -0.2) is 33.4 Å². The van der Waals surface area contributed by atoms with E-state index in [0.29, 0.717) is 5.92 Å². The van der Waals surface area contributed by atoms with Crippen molar-refractivity contribution in [2.75, 3.05) is 13.1 Å². The summed E-state index contributed by atoms with van der Waals surface area (Å²) in [6, 6.07) is 20.0. The first-order valence-electron chi connectivity index (χ1n) is 9.19. The molecular formula is C22H23N3O. The number of rotatable bonds is 4. The van der Waals surface area contributed by atoms with E-state index >= 15 is 0 Å². The Morgan fingerprint density at radius 1 is 0.962 bits per heavy atom. The largest absolute Gasteiger partial charge is 0.339 e. The first-order valence-corrected chi connectivity index (χ1v) is 9.19. The third-order valence-electron chi connectivity index (χ3n) is 5.08. The number of carbonyl (C=O) groups is 1. The maximum Gasteiger partial charge on any atom is 0.253 e. The maximum absolute atomic E-state index is 12.6. The number of hydrogen-bond donors (Lipinski definition) is 0. The minimum Gasteiger partial charge on any atom is -0.339 e. The predicted molar refractivity (Wildman–Crippen MR) is 102 cm³/mol. The summed E-state index contributed by atoms with van der Waals surface area (Å²) in [7, 11) is 0. The lowest BCUT2D eigenvalue weighted by Crippen LogP contribution is -2.37. The van der Waals surface area contributed by atoms with Crippen LogP contribution >= 0.6 is 0 Å². The summed E-state index contributed by atoms with van der Waals surface area (Å²) < 4.78 is 2.15. The van der Waals surface area contributed by atoms with Crippen molar-refractivity contribution in [3.8, 4) is 0 Å².